The summed E-state index contributed by atoms with van der Waals surface area (Å²) in [4.78, 5) is 22.5. The van der Waals surface area contributed by atoms with Gasteiger partial charge in [-0.15, -0.1) is 0 Å². The van der Waals surface area contributed by atoms with E-state index in [2.05, 4.69) is 5.32 Å². The maximum absolute atomic E-state index is 12.4. The Labute approximate surface area is 144 Å². The Morgan fingerprint density at radius 3 is 2.48 bits per heavy atom. The number of carbonyl (C=O) groups excluding carboxylic acids is 1. The lowest BCUT2D eigenvalue weighted by atomic mass is 10.1. The summed E-state index contributed by atoms with van der Waals surface area (Å²) in [6.45, 7) is 3.67. The first-order valence-corrected chi connectivity index (χ1v) is 7.30. The number of hydrogen-bond donors (Lipinski definition) is 2. The average Bonchev–Trinajstić information content (AvgIpc) is 2.57. The molecule has 0 spiro atoms. The predicted octanol–water partition coefficient (Wildman–Crippen LogP) is 3.46. The molecule has 7 heteroatoms. The van der Waals surface area contributed by atoms with Crippen molar-refractivity contribution in [3.05, 3.63) is 68.8 Å². The molecule has 2 rings (SSSR count). The molecule has 2 aromatic rings. The molecule has 0 aliphatic rings. The molecule has 126 valence electrons. The molecule has 0 aliphatic heterocycles. The van der Waals surface area contributed by atoms with Crippen LogP contribution in [0, 0.1) is 35.3 Å². The van der Waals surface area contributed by atoms with E-state index in [1.165, 1.54) is 12.1 Å². The molecule has 7 nitrogen and oxygen atoms in total. The van der Waals surface area contributed by atoms with Crippen molar-refractivity contribution in [2.75, 3.05) is 5.32 Å². The number of nitro groups is 1. The molecular formula is C18H15N3O4. The van der Waals surface area contributed by atoms with Crippen LogP contribution in [0.4, 0.5) is 11.4 Å². The van der Waals surface area contributed by atoms with E-state index >= 15 is 0 Å². The van der Waals surface area contributed by atoms with E-state index in [1.54, 1.807) is 6.07 Å². The lowest BCUT2D eigenvalue weighted by Gasteiger charge is -2.10. The molecule has 1 amide bonds. The average molecular weight is 337 g/mol. The third-order valence-electron chi connectivity index (χ3n) is 3.59. The molecule has 0 aromatic heterocycles. The van der Waals surface area contributed by atoms with E-state index in [9.17, 15) is 25.3 Å². The van der Waals surface area contributed by atoms with Crippen LogP contribution in [-0.4, -0.2) is 15.9 Å². The highest BCUT2D eigenvalue weighted by Gasteiger charge is 2.15. The zero-order valence-corrected chi connectivity index (χ0v) is 13.6. The number of aromatic hydroxyl groups is 1. The highest BCUT2D eigenvalue weighted by Crippen LogP contribution is 2.27. The number of benzene rings is 2. The van der Waals surface area contributed by atoms with Gasteiger partial charge in [-0.1, -0.05) is 24.3 Å². The van der Waals surface area contributed by atoms with Crippen molar-refractivity contribution in [3.8, 4) is 11.8 Å². The maximum Gasteiger partial charge on any atom is 0.311 e. The van der Waals surface area contributed by atoms with E-state index in [-0.39, 0.29) is 11.1 Å². The number of aryl methyl sites for hydroxylation is 2. The third-order valence-corrected chi connectivity index (χ3v) is 3.59. The lowest BCUT2D eigenvalue weighted by Crippen LogP contribution is -2.15. The number of hydrogen-bond acceptors (Lipinski definition) is 5. The van der Waals surface area contributed by atoms with Gasteiger partial charge in [-0.25, -0.2) is 0 Å². The number of carbonyl (C=O) groups is 1. The fourth-order valence-electron chi connectivity index (χ4n) is 2.28. The number of anilines is 1. The molecule has 2 N–H and O–H groups in total. The van der Waals surface area contributed by atoms with Gasteiger partial charge in [-0.2, -0.15) is 5.26 Å². The smallest absolute Gasteiger partial charge is 0.311 e. The molecule has 0 atom stereocenters. The highest BCUT2D eigenvalue weighted by atomic mass is 16.6. The summed E-state index contributed by atoms with van der Waals surface area (Å²) in [6, 6.07) is 10.9. The van der Waals surface area contributed by atoms with Crippen LogP contribution in [-0.2, 0) is 4.79 Å². The van der Waals surface area contributed by atoms with Crippen molar-refractivity contribution >= 4 is 23.4 Å². The molecule has 0 fully saturated rings. The fourth-order valence-corrected chi connectivity index (χ4v) is 2.28. The van der Waals surface area contributed by atoms with Gasteiger partial charge in [0.2, 0.25) is 0 Å². The number of nitriles is 1. The number of amides is 1. The lowest BCUT2D eigenvalue weighted by molar-refractivity contribution is -0.385. The standard InChI is InChI=1S/C18H15N3O4/c1-11-4-3-5-12(2)17(11)20-18(23)14(10-19)8-13-6-7-16(22)15(9-13)21(24)25/h3-9,22H,1-2H3,(H,20,23)/b14-8+. The van der Waals surface area contributed by atoms with Crippen LogP contribution in [0.2, 0.25) is 0 Å². The number of nitrogens with zero attached hydrogens (tertiary/aromatic N) is 2. The quantitative estimate of drug-likeness (QED) is 0.383. The normalized spacial score (nSPS) is 10.8. The predicted molar refractivity (Wildman–Crippen MR) is 92.9 cm³/mol. The Kier molecular flexibility index (Phi) is 5.15. The molecule has 0 unspecified atom stereocenters. The highest BCUT2D eigenvalue weighted by molar-refractivity contribution is 6.10. The second-order valence-corrected chi connectivity index (χ2v) is 5.40. The molecule has 2 aromatic carbocycles. The van der Waals surface area contributed by atoms with Crippen LogP contribution in [0.15, 0.2) is 42.0 Å². The number of rotatable bonds is 4. The number of nitrogens with one attached hydrogen (secondary N) is 1. The number of phenolic OH excluding ortho intramolecular Hbond substituents is 1. The monoisotopic (exact) mass is 337 g/mol. The van der Waals surface area contributed by atoms with E-state index < -0.39 is 22.3 Å². The van der Waals surface area contributed by atoms with E-state index in [4.69, 9.17) is 0 Å². The number of para-hydroxylation sites is 1. The third kappa shape index (κ3) is 4.00. The van der Waals surface area contributed by atoms with E-state index in [0.717, 1.165) is 23.3 Å². The van der Waals surface area contributed by atoms with Gasteiger partial charge in [0.05, 0.1) is 4.92 Å². The second kappa shape index (κ2) is 7.27. The largest absolute Gasteiger partial charge is 0.502 e. The van der Waals surface area contributed by atoms with Gasteiger partial charge >= 0.3 is 5.69 Å². The van der Waals surface area contributed by atoms with Crippen molar-refractivity contribution < 1.29 is 14.8 Å². The zero-order valence-electron chi connectivity index (χ0n) is 13.6. The second-order valence-electron chi connectivity index (χ2n) is 5.40. The van der Waals surface area contributed by atoms with E-state index in [1.807, 2.05) is 32.0 Å². The summed E-state index contributed by atoms with van der Waals surface area (Å²) in [7, 11) is 0. The van der Waals surface area contributed by atoms with Crippen molar-refractivity contribution in [1.82, 2.24) is 0 Å². The first-order valence-electron chi connectivity index (χ1n) is 7.30. The summed E-state index contributed by atoms with van der Waals surface area (Å²) < 4.78 is 0. The van der Waals surface area contributed by atoms with Gasteiger partial charge in [-0.05, 0) is 42.7 Å². The Morgan fingerprint density at radius 1 is 1.28 bits per heavy atom. The molecule has 0 radical (unpaired) electrons. The molecule has 0 saturated carbocycles. The zero-order chi connectivity index (χ0) is 18.6. The van der Waals surface area contributed by atoms with Crippen molar-refractivity contribution in [1.29, 1.82) is 5.26 Å². The number of phenols is 1. The first kappa shape index (κ1) is 17.7. The fraction of sp³-hybridized carbons (Fsp3) is 0.111. The van der Waals surface area contributed by atoms with Crippen molar-refractivity contribution in [2.45, 2.75) is 13.8 Å². The summed E-state index contributed by atoms with van der Waals surface area (Å²) in [5.41, 5.74) is 1.88. The van der Waals surface area contributed by atoms with Crippen LogP contribution in [0.25, 0.3) is 6.08 Å². The topological polar surface area (TPSA) is 116 Å². The number of nitro benzene ring substituents is 1. The molecule has 0 bridgehead atoms. The van der Waals surface area contributed by atoms with E-state index in [0.29, 0.717) is 5.69 Å². The van der Waals surface area contributed by atoms with Gasteiger partial charge < -0.3 is 10.4 Å². The van der Waals surface area contributed by atoms with Crippen LogP contribution in [0.1, 0.15) is 16.7 Å². The van der Waals surface area contributed by atoms with Gasteiger partial charge in [0.1, 0.15) is 11.6 Å². The summed E-state index contributed by atoms with van der Waals surface area (Å²) in [5, 5.41) is 32.2. The van der Waals surface area contributed by atoms with Crippen LogP contribution >= 0.6 is 0 Å². The van der Waals surface area contributed by atoms with Gasteiger partial charge in [0, 0.05) is 11.8 Å². The van der Waals surface area contributed by atoms with Crippen LogP contribution in [0.5, 0.6) is 5.75 Å². The molecule has 0 saturated heterocycles. The Bertz CT molecular complexity index is 906. The minimum atomic E-state index is -0.741. The molecule has 0 aliphatic carbocycles. The molecule has 0 heterocycles. The first-order chi connectivity index (χ1) is 11.8. The minimum Gasteiger partial charge on any atom is -0.502 e. The van der Waals surface area contributed by atoms with Crippen molar-refractivity contribution in [2.24, 2.45) is 0 Å². The van der Waals surface area contributed by atoms with Gasteiger partial charge in [0.25, 0.3) is 5.91 Å². The van der Waals surface area contributed by atoms with Crippen LogP contribution in [0.3, 0.4) is 0 Å². The van der Waals surface area contributed by atoms with Crippen molar-refractivity contribution in [3.63, 3.8) is 0 Å². The summed E-state index contributed by atoms with van der Waals surface area (Å²) in [6.07, 6.45) is 1.23. The SMILES string of the molecule is Cc1cccc(C)c1NC(=O)/C(C#N)=C/c1ccc(O)c([N+](=O)[O-])c1. The van der Waals surface area contributed by atoms with Gasteiger partial charge in [0.15, 0.2) is 5.75 Å². The summed E-state index contributed by atoms with van der Waals surface area (Å²) in [5.74, 6) is -1.10. The van der Waals surface area contributed by atoms with Gasteiger partial charge in [-0.3, -0.25) is 14.9 Å². The maximum atomic E-state index is 12.4. The Hall–Kier alpha value is -3.66. The Balaban J connectivity index is 2.35. The Morgan fingerprint density at radius 2 is 1.92 bits per heavy atom. The molecule has 25 heavy (non-hydrogen) atoms. The summed E-state index contributed by atoms with van der Waals surface area (Å²) >= 11 is 0. The van der Waals surface area contributed by atoms with Crippen LogP contribution < -0.4 is 5.32 Å². The molecular weight excluding hydrogens is 322 g/mol. The minimum absolute atomic E-state index is 0.206.